The molecule has 0 spiro atoms. The molecule has 4 heteroatoms. The Kier molecular flexibility index (Phi) is 3.26. The van der Waals surface area contributed by atoms with Crippen molar-refractivity contribution >= 4 is 11.6 Å². The second-order valence-corrected chi connectivity index (χ2v) is 5.68. The maximum Gasteiger partial charge on any atom is 0.251 e. The van der Waals surface area contributed by atoms with E-state index in [2.05, 4.69) is 9.97 Å². The van der Waals surface area contributed by atoms with Crippen molar-refractivity contribution in [3.05, 3.63) is 51.5 Å². The maximum atomic E-state index is 11.7. The molecule has 2 aromatic rings. The minimum atomic E-state index is -0.201. The highest BCUT2D eigenvalue weighted by Gasteiger charge is 2.17. The second kappa shape index (κ2) is 4.58. The zero-order valence-electron chi connectivity index (χ0n) is 10.6. The van der Waals surface area contributed by atoms with Gasteiger partial charge in [0.25, 0.3) is 5.56 Å². The van der Waals surface area contributed by atoms with Crippen molar-refractivity contribution in [2.45, 2.75) is 26.2 Å². The molecule has 1 aromatic carbocycles. The summed E-state index contributed by atoms with van der Waals surface area (Å²) in [6.45, 7) is 6.02. The van der Waals surface area contributed by atoms with Crippen LogP contribution in [0.2, 0.25) is 5.02 Å². The Hall–Kier alpha value is -1.61. The maximum absolute atomic E-state index is 11.7. The quantitative estimate of drug-likeness (QED) is 0.856. The van der Waals surface area contributed by atoms with Crippen LogP contribution in [-0.2, 0) is 5.41 Å². The molecule has 1 heterocycles. The second-order valence-electron chi connectivity index (χ2n) is 5.24. The number of aromatic amines is 1. The van der Waals surface area contributed by atoms with Gasteiger partial charge in [0.2, 0.25) is 0 Å². The lowest BCUT2D eigenvalue weighted by Gasteiger charge is -2.17. The van der Waals surface area contributed by atoms with E-state index in [0.717, 1.165) is 5.56 Å². The summed E-state index contributed by atoms with van der Waals surface area (Å²) in [7, 11) is 0. The lowest BCUT2D eigenvalue weighted by atomic mass is 9.95. The summed E-state index contributed by atoms with van der Waals surface area (Å²) in [5.41, 5.74) is 1.14. The summed E-state index contributed by atoms with van der Waals surface area (Å²) in [6, 6.07) is 8.82. The Morgan fingerprint density at radius 2 is 1.94 bits per heavy atom. The highest BCUT2D eigenvalue weighted by Crippen LogP contribution is 2.23. The van der Waals surface area contributed by atoms with Crippen molar-refractivity contribution in [1.29, 1.82) is 0 Å². The summed E-state index contributed by atoms with van der Waals surface area (Å²) in [5.74, 6) is 0.671. The fraction of sp³-hybridized carbons (Fsp3) is 0.286. The summed E-state index contributed by atoms with van der Waals surface area (Å²) in [5, 5.41) is 0.631. The largest absolute Gasteiger partial charge is 0.310 e. The SMILES string of the molecule is CC(C)(C)c1nc(-c2cccc(Cl)c2)cc(=O)[nH]1. The standard InChI is InChI=1S/C14H15ClN2O/c1-14(2,3)13-16-11(8-12(18)17-13)9-5-4-6-10(15)7-9/h4-8H,1-3H3,(H,16,17,18). The van der Waals surface area contributed by atoms with E-state index >= 15 is 0 Å². The first-order valence-corrected chi connectivity index (χ1v) is 6.12. The van der Waals surface area contributed by atoms with Gasteiger partial charge in [0, 0.05) is 22.1 Å². The van der Waals surface area contributed by atoms with Crippen LogP contribution < -0.4 is 5.56 Å². The third-order valence-electron chi connectivity index (χ3n) is 2.57. The number of halogens is 1. The molecule has 0 unspecified atom stereocenters. The Bertz CT molecular complexity index is 626. The van der Waals surface area contributed by atoms with E-state index < -0.39 is 0 Å². The van der Waals surface area contributed by atoms with E-state index in [0.29, 0.717) is 16.5 Å². The fourth-order valence-corrected chi connectivity index (χ4v) is 1.80. The topological polar surface area (TPSA) is 45.8 Å². The Morgan fingerprint density at radius 3 is 2.56 bits per heavy atom. The molecule has 0 aliphatic rings. The van der Waals surface area contributed by atoms with Crippen LogP contribution in [0.4, 0.5) is 0 Å². The first kappa shape index (κ1) is 12.8. The monoisotopic (exact) mass is 262 g/mol. The Balaban J connectivity index is 2.59. The first-order valence-electron chi connectivity index (χ1n) is 5.74. The van der Waals surface area contributed by atoms with E-state index in [9.17, 15) is 4.79 Å². The average molecular weight is 263 g/mol. The van der Waals surface area contributed by atoms with Crippen molar-refractivity contribution < 1.29 is 0 Å². The van der Waals surface area contributed by atoms with Gasteiger partial charge in [-0.25, -0.2) is 4.98 Å². The fourth-order valence-electron chi connectivity index (χ4n) is 1.61. The highest BCUT2D eigenvalue weighted by molar-refractivity contribution is 6.30. The van der Waals surface area contributed by atoms with Gasteiger partial charge in [-0.1, -0.05) is 44.5 Å². The predicted octanol–water partition coefficient (Wildman–Crippen LogP) is 3.39. The number of hydrogen-bond donors (Lipinski definition) is 1. The van der Waals surface area contributed by atoms with Gasteiger partial charge < -0.3 is 4.98 Å². The molecule has 3 nitrogen and oxygen atoms in total. The Morgan fingerprint density at radius 1 is 1.22 bits per heavy atom. The molecule has 1 aromatic heterocycles. The third kappa shape index (κ3) is 2.79. The molecule has 94 valence electrons. The molecule has 0 atom stereocenters. The van der Waals surface area contributed by atoms with E-state index in [1.165, 1.54) is 6.07 Å². The zero-order valence-corrected chi connectivity index (χ0v) is 11.4. The van der Waals surface area contributed by atoms with Crippen molar-refractivity contribution in [3.8, 4) is 11.3 Å². The summed E-state index contributed by atoms with van der Waals surface area (Å²) < 4.78 is 0. The lowest BCUT2D eigenvalue weighted by molar-refractivity contribution is 0.543. The average Bonchev–Trinajstić information content (AvgIpc) is 2.27. The van der Waals surface area contributed by atoms with Crippen LogP contribution in [0.15, 0.2) is 35.1 Å². The van der Waals surface area contributed by atoms with Crippen LogP contribution in [0.3, 0.4) is 0 Å². The molecular formula is C14H15ClN2O. The van der Waals surface area contributed by atoms with Gasteiger partial charge in [-0.2, -0.15) is 0 Å². The molecule has 0 saturated carbocycles. The van der Waals surface area contributed by atoms with Crippen LogP contribution in [0, 0.1) is 0 Å². The van der Waals surface area contributed by atoms with Gasteiger partial charge >= 0.3 is 0 Å². The smallest absolute Gasteiger partial charge is 0.251 e. The van der Waals surface area contributed by atoms with E-state index in [-0.39, 0.29) is 11.0 Å². The molecule has 0 aliphatic carbocycles. The predicted molar refractivity (Wildman–Crippen MR) is 74.0 cm³/mol. The van der Waals surface area contributed by atoms with Crippen LogP contribution in [0.25, 0.3) is 11.3 Å². The van der Waals surface area contributed by atoms with Crippen molar-refractivity contribution in [3.63, 3.8) is 0 Å². The van der Waals surface area contributed by atoms with Crippen LogP contribution in [0.5, 0.6) is 0 Å². The molecular weight excluding hydrogens is 248 g/mol. The van der Waals surface area contributed by atoms with Crippen LogP contribution in [0.1, 0.15) is 26.6 Å². The number of rotatable bonds is 1. The van der Waals surface area contributed by atoms with Gasteiger partial charge in [-0.05, 0) is 12.1 Å². The zero-order chi connectivity index (χ0) is 13.3. The van der Waals surface area contributed by atoms with E-state index in [4.69, 9.17) is 11.6 Å². The molecule has 0 radical (unpaired) electrons. The number of benzene rings is 1. The molecule has 2 rings (SSSR count). The molecule has 0 aliphatic heterocycles. The lowest BCUT2D eigenvalue weighted by Crippen LogP contribution is -2.21. The number of aromatic nitrogens is 2. The minimum Gasteiger partial charge on any atom is -0.310 e. The van der Waals surface area contributed by atoms with Crippen molar-refractivity contribution in [1.82, 2.24) is 9.97 Å². The Labute approximate surface area is 111 Å². The molecule has 0 fully saturated rings. The molecule has 0 bridgehead atoms. The minimum absolute atomic E-state index is 0.148. The number of nitrogens with one attached hydrogen (secondary N) is 1. The molecule has 0 saturated heterocycles. The number of nitrogens with zero attached hydrogens (tertiary/aromatic N) is 1. The molecule has 0 amide bonds. The number of hydrogen-bond acceptors (Lipinski definition) is 2. The van der Waals surface area contributed by atoms with Gasteiger partial charge in [-0.15, -0.1) is 0 Å². The summed E-state index contributed by atoms with van der Waals surface area (Å²) >= 11 is 5.95. The summed E-state index contributed by atoms with van der Waals surface area (Å²) in [4.78, 5) is 19.0. The van der Waals surface area contributed by atoms with Crippen LogP contribution in [-0.4, -0.2) is 9.97 Å². The van der Waals surface area contributed by atoms with Gasteiger partial charge in [0.15, 0.2) is 0 Å². The van der Waals surface area contributed by atoms with Crippen molar-refractivity contribution in [2.24, 2.45) is 0 Å². The normalized spacial score (nSPS) is 11.6. The molecule has 1 N–H and O–H groups in total. The van der Waals surface area contributed by atoms with Crippen molar-refractivity contribution in [2.75, 3.05) is 0 Å². The first-order chi connectivity index (χ1) is 8.36. The van der Waals surface area contributed by atoms with Gasteiger partial charge in [0.05, 0.1) is 5.69 Å². The summed E-state index contributed by atoms with van der Waals surface area (Å²) in [6.07, 6.45) is 0. The third-order valence-corrected chi connectivity index (χ3v) is 2.81. The molecule has 18 heavy (non-hydrogen) atoms. The van der Waals surface area contributed by atoms with Gasteiger partial charge in [0.1, 0.15) is 5.82 Å². The highest BCUT2D eigenvalue weighted by atomic mass is 35.5. The van der Waals surface area contributed by atoms with E-state index in [1.54, 1.807) is 12.1 Å². The number of H-pyrrole nitrogens is 1. The van der Waals surface area contributed by atoms with Gasteiger partial charge in [-0.3, -0.25) is 4.79 Å². The van der Waals surface area contributed by atoms with E-state index in [1.807, 2.05) is 32.9 Å². The van der Waals surface area contributed by atoms with Crippen LogP contribution >= 0.6 is 11.6 Å².